The molecule has 0 saturated heterocycles. The maximum Gasteiger partial charge on any atom is 0.238 e. The molecular weight excluding hydrogens is 334 g/mol. The van der Waals surface area contributed by atoms with Gasteiger partial charge in [-0.15, -0.1) is 0 Å². The van der Waals surface area contributed by atoms with Crippen molar-refractivity contribution < 1.29 is 9.53 Å². The van der Waals surface area contributed by atoms with Crippen LogP contribution in [0.25, 0.3) is 0 Å². The van der Waals surface area contributed by atoms with E-state index in [-0.39, 0.29) is 16.9 Å². The molecule has 0 aliphatic carbocycles. The summed E-state index contributed by atoms with van der Waals surface area (Å²) in [6, 6.07) is 7.03. The Morgan fingerprint density at radius 1 is 1.37 bits per heavy atom. The highest BCUT2D eigenvalue weighted by Gasteiger charge is 2.11. The second-order valence-corrected chi connectivity index (χ2v) is 4.71. The monoisotopic (exact) mass is 341 g/mol. The highest BCUT2D eigenvalue weighted by atomic mass is 79.9. The lowest BCUT2D eigenvalue weighted by atomic mass is 10.3. The Morgan fingerprint density at radius 3 is 2.84 bits per heavy atom. The Bertz CT molecular complexity index is 622. The van der Waals surface area contributed by atoms with Crippen LogP contribution in [0.2, 0.25) is 5.15 Å². The molecule has 0 fully saturated rings. The van der Waals surface area contributed by atoms with E-state index in [1.165, 1.54) is 13.3 Å². The molecule has 0 atom stereocenters. The summed E-state index contributed by atoms with van der Waals surface area (Å²) in [7, 11) is 0. The summed E-state index contributed by atoms with van der Waals surface area (Å²) in [5.74, 6) is 0.557. The van der Waals surface area contributed by atoms with Crippen molar-refractivity contribution in [1.29, 1.82) is 0 Å². The first-order valence-corrected chi connectivity index (χ1v) is 6.45. The van der Waals surface area contributed by atoms with E-state index in [0.717, 1.165) is 0 Å². The Balaban J connectivity index is 2.33. The number of halogens is 2. The molecule has 0 spiro atoms. The van der Waals surface area contributed by atoms with Crippen LogP contribution in [0.15, 0.2) is 35.1 Å². The van der Waals surface area contributed by atoms with Gasteiger partial charge in [0.1, 0.15) is 10.8 Å². The van der Waals surface area contributed by atoms with Gasteiger partial charge in [-0.05, 0) is 28.1 Å². The summed E-state index contributed by atoms with van der Waals surface area (Å²) >= 11 is 9.10. The number of carbonyl (C=O) groups is 1. The summed E-state index contributed by atoms with van der Waals surface area (Å²) in [4.78, 5) is 18.9. The highest BCUT2D eigenvalue weighted by molar-refractivity contribution is 9.10. The molecule has 98 valence electrons. The highest BCUT2D eigenvalue weighted by Crippen LogP contribution is 2.34. The van der Waals surface area contributed by atoms with Crippen molar-refractivity contribution in [1.82, 2.24) is 9.97 Å². The van der Waals surface area contributed by atoms with Gasteiger partial charge in [-0.2, -0.15) is 0 Å². The van der Waals surface area contributed by atoms with E-state index in [4.69, 9.17) is 16.3 Å². The molecule has 19 heavy (non-hydrogen) atoms. The Hall–Kier alpha value is -1.66. The maximum atomic E-state index is 11.1. The molecule has 1 heterocycles. The predicted octanol–water partition coefficient (Wildman–Crippen LogP) is 3.64. The average molecular weight is 343 g/mol. The molecule has 2 aromatic rings. The van der Waals surface area contributed by atoms with Crippen molar-refractivity contribution in [3.8, 4) is 11.6 Å². The predicted molar refractivity (Wildman–Crippen MR) is 75.6 cm³/mol. The minimum Gasteiger partial charge on any atom is -0.436 e. The van der Waals surface area contributed by atoms with E-state index in [0.29, 0.717) is 15.9 Å². The number of nitrogens with one attached hydrogen (secondary N) is 1. The number of benzene rings is 1. The van der Waals surface area contributed by atoms with Crippen LogP contribution in [-0.2, 0) is 4.79 Å². The van der Waals surface area contributed by atoms with Gasteiger partial charge in [0.05, 0.1) is 5.69 Å². The second-order valence-electron chi connectivity index (χ2n) is 3.56. The molecule has 0 unspecified atom stereocenters. The number of carbonyl (C=O) groups excluding carboxylic acids is 1. The van der Waals surface area contributed by atoms with E-state index in [9.17, 15) is 4.79 Å². The first-order chi connectivity index (χ1) is 9.08. The molecule has 0 saturated carbocycles. The largest absolute Gasteiger partial charge is 0.436 e. The van der Waals surface area contributed by atoms with Crippen molar-refractivity contribution >= 4 is 39.1 Å². The van der Waals surface area contributed by atoms with Gasteiger partial charge in [-0.3, -0.25) is 4.79 Å². The lowest BCUT2D eigenvalue weighted by molar-refractivity contribution is -0.114. The van der Waals surface area contributed by atoms with Gasteiger partial charge in [-0.25, -0.2) is 9.97 Å². The number of hydrogen-bond acceptors (Lipinski definition) is 4. The van der Waals surface area contributed by atoms with Crippen LogP contribution in [0.1, 0.15) is 6.92 Å². The number of amides is 1. The van der Waals surface area contributed by atoms with E-state index in [1.54, 1.807) is 24.3 Å². The van der Waals surface area contributed by atoms with Gasteiger partial charge in [0.2, 0.25) is 11.8 Å². The van der Waals surface area contributed by atoms with Gasteiger partial charge < -0.3 is 10.1 Å². The van der Waals surface area contributed by atoms with Crippen LogP contribution in [0.5, 0.6) is 11.6 Å². The summed E-state index contributed by atoms with van der Waals surface area (Å²) < 4.78 is 6.08. The quantitative estimate of drug-likeness (QED) is 0.865. The molecule has 1 aromatic carbocycles. The van der Waals surface area contributed by atoms with Crippen LogP contribution >= 0.6 is 27.5 Å². The number of para-hydroxylation sites is 2. The fourth-order valence-corrected chi connectivity index (χ4v) is 1.77. The Morgan fingerprint density at radius 2 is 2.11 bits per heavy atom. The summed E-state index contributed by atoms with van der Waals surface area (Å²) in [6.45, 7) is 1.42. The van der Waals surface area contributed by atoms with E-state index in [1.807, 2.05) is 0 Å². The minimum absolute atomic E-state index is 0.184. The number of rotatable bonds is 3. The third-order valence-electron chi connectivity index (χ3n) is 2.12. The zero-order valence-electron chi connectivity index (χ0n) is 9.85. The fraction of sp³-hybridized carbons (Fsp3) is 0.0833. The average Bonchev–Trinajstić information content (AvgIpc) is 2.36. The molecule has 0 aliphatic heterocycles. The van der Waals surface area contributed by atoms with Gasteiger partial charge in [-0.1, -0.05) is 23.7 Å². The van der Waals surface area contributed by atoms with Gasteiger partial charge >= 0.3 is 0 Å². The SMILES string of the molecule is CC(=O)Nc1ccccc1Oc1ncnc(Cl)c1Br. The molecule has 1 aromatic heterocycles. The summed E-state index contributed by atoms with van der Waals surface area (Å²) in [6.07, 6.45) is 1.30. The van der Waals surface area contributed by atoms with E-state index < -0.39 is 0 Å². The van der Waals surface area contributed by atoms with Crippen LogP contribution in [-0.4, -0.2) is 15.9 Å². The van der Waals surface area contributed by atoms with Crippen LogP contribution in [0.4, 0.5) is 5.69 Å². The normalized spacial score (nSPS) is 10.1. The lowest BCUT2D eigenvalue weighted by Crippen LogP contribution is -2.07. The number of nitrogens with zero attached hydrogens (tertiary/aromatic N) is 2. The number of anilines is 1. The van der Waals surface area contributed by atoms with Crippen molar-refractivity contribution in [2.24, 2.45) is 0 Å². The van der Waals surface area contributed by atoms with Crippen LogP contribution < -0.4 is 10.1 Å². The van der Waals surface area contributed by atoms with E-state index in [2.05, 4.69) is 31.2 Å². The lowest BCUT2D eigenvalue weighted by Gasteiger charge is -2.11. The smallest absolute Gasteiger partial charge is 0.238 e. The van der Waals surface area contributed by atoms with Gasteiger partial charge in [0.15, 0.2) is 10.9 Å². The zero-order valence-corrected chi connectivity index (χ0v) is 12.2. The number of hydrogen-bond donors (Lipinski definition) is 1. The molecule has 1 amide bonds. The van der Waals surface area contributed by atoms with Gasteiger partial charge in [0.25, 0.3) is 0 Å². The number of aromatic nitrogens is 2. The Kier molecular flexibility index (Phi) is 4.34. The Labute approximate surface area is 123 Å². The molecule has 1 N–H and O–H groups in total. The number of ether oxygens (including phenoxy) is 1. The third kappa shape index (κ3) is 3.42. The molecular formula is C12H9BrClN3O2. The molecule has 7 heteroatoms. The van der Waals surface area contributed by atoms with Crippen LogP contribution in [0.3, 0.4) is 0 Å². The van der Waals surface area contributed by atoms with Crippen molar-refractivity contribution in [3.05, 3.63) is 40.2 Å². The van der Waals surface area contributed by atoms with Crippen molar-refractivity contribution in [3.63, 3.8) is 0 Å². The third-order valence-corrected chi connectivity index (χ3v) is 3.35. The zero-order chi connectivity index (χ0) is 13.8. The maximum absolute atomic E-state index is 11.1. The standard InChI is InChI=1S/C12H9BrClN3O2/c1-7(18)17-8-4-2-3-5-9(8)19-12-10(13)11(14)15-6-16-12/h2-6H,1H3,(H,17,18). The second kappa shape index (κ2) is 5.99. The summed E-state index contributed by atoms with van der Waals surface area (Å²) in [5.41, 5.74) is 0.552. The summed E-state index contributed by atoms with van der Waals surface area (Å²) in [5, 5.41) is 2.92. The first kappa shape index (κ1) is 13.8. The van der Waals surface area contributed by atoms with Crippen LogP contribution in [0, 0.1) is 0 Å². The van der Waals surface area contributed by atoms with Crippen molar-refractivity contribution in [2.75, 3.05) is 5.32 Å². The van der Waals surface area contributed by atoms with E-state index >= 15 is 0 Å². The topological polar surface area (TPSA) is 64.1 Å². The molecule has 5 nitrogen and oxygen atoms in total. The fourth-order valence-electron chi connectivity index (χ4n) is 1.36. The molecule has 0 aliphatic rings. The van der Waals surface area contributed by atoms with Crippen molar-refractivity contribution in [2.45, 2.75) is 6.92 Å². The molecule has 0 radical (unpaired) electrons. The minimum atomic E-state index is -0.184. The molecule has 0 bridgehead atoms. The van der Waals surface area contributed by atoms with Gasteiger partial charge in [0, 0.05) is 6.92 Å². The molecule has 2 rings (SSSR count). The first-order valence-electron chi connectivity index (χ1n) is 5.28.